The number of alkyl halides is 3. The third-order valence-corrected chi connectivity index (χ3v) is 3.18. The Hall–Kier alpha value is -2.84. The van der Waals surface area contributed by atoms with E-state index < -0.39 is 17.8 Å². The first-order valence-corrected chi connectivity index (χ1v) is 6.65. The Labute approximate surface area is 128 Å². The van der Waals surface area contributed by atoms with E-state index in [1.165, 1.54) is 22.8 Å². The van der Waals surface area contributed by atoms with Crippen LogP contribution in [0.15, 0.2) is 36.5 Å². The standard InChI is InChI=1S/C14H12F3N5O/c1-8(11-5-6-19-13-20-12(18)21-22(11)13)23-10-4-2-3-9(7-10)14(15,16)17/h2-8H,1H3,(H2,18,21)/t8-/m0/s1. The summed E-state index contributed by atoms with van der Waals surface area (Å²) in [6.07, 6.45) is -3.50. The number of rotatable bonds is 3. The summed E-state index contributed by atoms with van der Waals surface area (Å²) >= 11 is 0. The molecular formula is C14H12F3N5O. The molecule has 0 radical (unpaired) electrons. The van der Waals surface area contributed by atoms with Gasteiger partial charge in [0.15, 0.2) is 0 Å². The number of hydrogen-bond donors (Lipinski definition) is 1. The zero-order chi connectivity index (χ0) is 16.6. The van der Waals surface area contributed by atoms with E-state index in [9.17, 15) is 13.2 Å². The maximum absolute atomic E-state index is 12.7. The number of nitrogens with zero attached hydrogens (tertiary/aromatic N) is 4. The second-order valence-corrected chi connectivity index (χ2v) is 4.84. The third-order valence-electron chi connectivity index (χ3n) is 3.18. The van der Waals surface area contributed by atoms with E-state index in [1.807, 2.05) is 0 Å². The number of hydrogen-bond acceptors (Lipinski definition) is 5. The predicted molar refractivity (Wildman–Crippen MR) is 75.7 cm³/mol. The maximum Gasteiger partial charge on any atom is 0.416 e. The second-order valence-electron chi connectivity index (χ2n) is 4.84. The summed E-state index contributed by atoms with van der Waals surface area (Å²) in [5, 5.41) is 3.99. The number of benzene rings is 1. The van der Waals surface area contributed by atoms with Crippen molar-refractivity contribution in [2.75, 3.05) is 5.73 Å². The van der Waals surface area contributed by atoms with Crippen LogP contribution in [-0.2, 0) is 6.18 Å². The molecule has 6 nitrogen and oxygen atoms in total. The van der Waals surface area contributed by atoms with Crippen LogP contribution in [0.5, 0.6) is 5.75 Å². The normalized spacial score (nSPS) is 13.2. The Morgan fingerprint density at radius 2 is 2.04 bits per heavy atom. The van der Waals surface area contributed by atoms with Crippen molar-refractivity contribution in [1.29, 1.82) is 0 Å². The van der Waals surface area contributed by atoms with Gasteiger partial charge in [0.2, 0.25) is 5.95 Å². The highest BCUT2D eigenvalue weighted by molar-refractivity contribution is 5.36. The molecule has 0 aliphatic rings. The molecule has 0 fully saturated rings. The largest absolute Gasteiger partial charge is 0.484 e. The van der Waals surface area contributed by atoms with Crippen molar-refractivity contribution in [2.45, 2.75) is 19.2 Å². The highest BCUT2D eigenvalue weighted by Crippen LogP contribution is 2.32. The number of nitrogen functional groups attached to an aromatic ring is 1. The number of ether oxygens (including phenoxy) is 1. The summed E-state index contributed by atoms with van der Waals surface area (Å²) in [7, 11) is 0. The van der Waals surface area contributed by atoms with Crippen molar-refractivity contribution in [3.8, 4) is 5.75 Å². The highest BCUT2D eigenvalue weighted by Gasteiger charge is 2.30. The van der Waals surface area contributed by atoms with Gasteiger partial charge in [-0.1, -0.05) is 6.07 Å². The summed E-state index contributed by atoms with van der Waals surface area (Å²) in [5.41, 5.74) is 5.33. The average molecular weight is 323 g/mol. The van der Waals surface area contributed by atoms with Gasteiger partial charge in [0, 0.05) is 6.20 Å². The molecule has 9 heteroatoms. The van der Waals surface area contributed by atoms with Gasteiger partial charge in [-0.2, -0.15) is 22.7 Å². The minimum atomic E-state index is -4.42. The number of halogens is 3. The number of anilines is 1. The highest BCUT2D eigenvalue weighted by atomic mass is 19.4. The van der Waals surface area contributed by atoms with Crippen LogP contribution < -0.4 is 10.5 Å². The Morgan fingerprint density at radius 1 is 1.26 bits per heavy atom. The fraction of sp³-hybridized carbons (Fsp3) is 0.214. The van der Waals surface area contributed by atoms with E-state index in [1.54, 1.807) is 13.0 Å². The van der Waals surface area contributed by atoms with E-state index in [4.69, 9.17) is 10.5 Å². The summed E-state index contributed by atoms with van der Waals surface area (Å²) in [6, 6.07) is 6.32. The van der Waals surface area contributed by atoms with E-state index in [0.717, 1.165) is 12.1 Å². The zero-order valence-electron chi connectivity index (χ0n) is 11.9. The molecule has 0 aliphatic heterocycles. The van der Waals surface area contributed by atoms with Crippen LogP contribution in [-0.4, -0.2) is 19.6 Å². The topological polar surface area (TPSA) is 78.3 Å². The molecule has 2 N–H and O–H groups in total. The van der Waals surface area contributed by atoms with Gasteiger partial charge in [-0.05, 0) is 31.2 Å². The predicted octanol–water partition coefficient (Wildman–Crippen LogP) is 2.87. The molecule has 0 saturated heterocycles. The summed E-state index contributed by atoms with van der Waals surface area (Å²) in [5.74, 6) is 0.445. The fourth-order valence-corrected chi connectivity index (χ4v) is 2.14. The molecule has 0 unspecified atom stereocenters. The lowest BCUT2D eigenvalue weighted by molar-refractivity contribution is -0.137. The van der Waals surface area contributed by atoms with Crippen molar-refractivity contribution >= 4 is 11.7 Å². The maximum atomic E-state index is 12.7. The molecular weight excluding hydrogens is 311 g/mol. The van der Waals surface area contributed by atoms with E-state index in [0.29, 0.717) is 11.5 Å². The minimum absolute atomic E-state index is 0.0521. The van der Waals surface area contributed by atoms with Crippen LogP contribution in [0.3, 0.4) is 0 Å². The first-order chi connectivity index (χ1) is 10.8. The SMILES string of the molecule is C[C@H](Oc1cccc(C(F)(F)F)c1)c1ccnc2nc(N)nn12. The first-order valence-electron chi connectivity index (χ1n) is 6.65. The van der Waals surface area contributed by atoms with Crippen LogP contribution in [0.2, 0.25) is 0 Å². The first kappa shape index (κ1) is 15.1. The van der Waals surface area contributed by atoms with Gasteiger partial charge in [-0.25, -0.2) is 4.98 Å². The molecule has 1 aromatic carbocycles. The van der Waals surface area contributed by atoms with Gasteiger partial charge in [-0.15, -0.1) is 5.10 Å². The molecule has 2 heterocycles. The number of fused-ring (bicyclic) bond motifs is 1. The van der Waals surface area contributed by atoms with Crippen LogP contribution in [0.4, 0.5) is 19.1 Å². The van der Waals surface area contributed by atoms with Crippen molar-refractivity contribution < 1.29 is 17.9 Å². The van der Waals surface area contributed by atoms with Crippen molar-refractivity contribution in [1.82, 2.24) is 19.6 Å². The number of nitrogens with two attached hydrogens (primary N) is 1. The van der Waals surface area contributed by atoms with E-state index in [-0.39, 0.29) is 11.7 Å². The Bertz CT molecular complexity index is 846. The van der Waals surface area contributed by atoms with Crippen molar-refractivity contribution in [2.24, 2.45) is 0 Å². The molecule has 0 amide bonds. The molecule has 23 heavy (non-hydrogen) atoms. The lowest BCUT2D eigenvalue weighted by atomic mass is 10.2. The lowest BCUT2D eigenvalue weighted by Crippen LogP contribution is -2.11. The summed E-state index contributed by atoms with van der Waals surface area (Å²) in [4.78, 5) is 7.93. The van der Waals surface area contributed by atoms with Gasteiger partial charge in [0.05, 0.1) is 11.3 Å². The van der Waals surface area contributed by atoms with Crippen molar-refractivity contribution in [3.05, 3.63) is 47.8 Å². The molecule has 2 aromatic heterocycles. The van der Waals surface area contributed by atoms with Gasteiger partial charge in [-0.3, -0.25) is 0 Å². The van der Waals surface area contributed by atoms with E-state index in [2.05, 4.69) is 15.1 Å². The molecule has 3 aromatic rings. The Balaban J connectivity index is 1.90. The third kappa shape index (κ3) is 3.03. The Morgan fingerprint density at radius 3 is 2.78 bits per heavy atom. The molecule has 0 saturated carbocycles. The molecule has 0 bridgehead atoms. The smallest absolute Gasteiger partial charge is 0.416 e. The van der Waals surface area contributed by atoms with Crippen molar-refractivity contribution in [3.63, 3.8) is 0 Å². The minimum Gasteiger partial charge on any atom is -0.484 e. The summed E-state index contributed by atoms with van der Waals surface area (Å²) < 4.78 is 45.2. The monoisotopic (exact) mass is 323 g/mol. The summed E-state index contributed by atoms with van der Waals surface area (Å²) in [6.45, 7) is 1.69. The van der Waals surface area contributed by atoms with Gasteiger partial charge < -0.3 is 10.5 Å². The quantitative estimate of drug-likeness (QED) is 0.802. The molecule has 1 atom stereocenters. The van der Waals surface area contributed by atoms with E-state index >= 15 is 0 Å². The van der Waals surface area contributed by atoms with Gasteiger partial charge >= 0.3 is 6.18 Å². The Kier molecular flexibility index (Phi) is 3.55. The second kappa shape index (κ2) is 5.41. The lowest BCUT2D eigenvalue weighted by Gasteiger charge is -2.16. The van der Waals surface area contributed by atoms with Crippen LogP contribution in [0.25, 0.3) is 5.78 Å². The fourth-order valence-electron chi connectivity index (χ4n) is 2.14. The molecule has 0 aliphatic carbocycles. The molecule has 120 valence electrons. The zero-order valence-corrected chi connectivity index (χ0v) is 11.9. The molecule has 3 rings (SSSR count). The van der Waals surface area contributed by atoms with Crippen LogP contribution in [0.1, 0.15) is 24.3 Å². The molecule has 0 spiro atoms. The van der Waals surface area contributed by atoms with Gasteiger partial charge in [0.25, 0.3) is 5.78 Å². The van der Waals surface area contributed by atoms with Gasteiger partial charge in [0.1, 0.15) is 11.9 Å². The van der Waals surface area contributed by atoms with Crippen LogP contribution >= 0.6 is 0 Å². The average Bonchev–Trinajstić information content (AvgIpc) is 2.86. The number of aromatic nitrogens is 4. The van der Waals surface area contributed by atoms with Crippen LogP contribution in [0, 0.1) is 0 Å².